The van der Waals surface area contributed by atoms with Crippen molar-refractivity contribution < 1.29 is 0 Å². The van der Waals surface area contributed by atoms with E-state index in [0.29, 0.717) is 6.04 Å². The predicted molar refractivity (Wildman–Crippen MR) is 108 cm³/mol. The second kappa shape index (κ2) is 11.7. The third kappa shape index (κ3) is 7.78. The predicted octanol–water partition coefficient (Wildman–Crippen LogP) is 2.92. The van der Waals surface area contributed by atoms with Crippen LogP contribution in [0, 0.1) is 0 Å². The zero-order valence-corrected chi connectivity index (χ0v) is 15.9. The Morgan fingerprint density at radius 1 is 1.16 bits per heavy atom. The minimum Gasteiger partial charge on any atom is -0.385 e. The van der Waals surface area contributed by atoms with E-state index < -0.39 is 0 Å². The molecule has 25 heavy (non-hydrogen) atoms. The average molecular weight is 346 g/mol. The molecule has 140 valence electrons. The molecule has 0 radical (unpaired) electrons. The second-order valence-electron chi connectivity index (χ2n) is 6.67. The third-order valence-corrected chi connectivity index (χ3v) is 4.52. The molecule has 0 saturated carbocycles. The topological polar surface area (TPSA) is 51.7 Å². The van der Waals surface area contributed by atoms with Crippen molar-refractivity contribution in [2.24, 2.45) is 4.99 Å². The van der Waals surface area contributed by atoms with Crippen LogP contribution < -0.4 is 16.0 Å². The molecular formula is C20H35N5. The van der Waals surface area contributed by atoms with E-state index in [2.05, 4.69) is 59.0 Å². The van der Waals surface area contributed by atoms with Crippen molar-refractivity contribution in [2.75, 3.05) is 44.6 Å². The van der Waals surface area contributed by atoms with E-state index in [4.69, 9.17) is 4.99 Å². The first-order chi connectivity index (χ1) is 12.3. The molecule has 1 aliphatic heterocycles. The number of nitrogens with zero attached hydrogens (tertiary/aromatic N) is 2. The van der Waals surface area contributed by atoms with E-state index in [1.54, 1.807) is 0 Å². The smallest absolute Gasteiger partial charge is 0.191 e. The summed E-state index contributed by atoms with van der Waals surface area (Å²) in [6.45, 7) is 10.7. The largest absolute Gasteiger partial charge is 0.385 e. The Hall–Kier alpha value is -1.75. The number of benzene rings is 1. The fraction of sp³-hybridized carbons (Fsp3) is 0.650. The minimum absolute atomic E-state index is 0.549. The highest BCUT2D eigenvalue weighted by atomic mass is 15.2. The molecule has 5 heteroatoms. The molecular weight excluding hydrogens is 310 g/mol. The van der Waals surface area contributed by atoms with E-state index in [9.17, 15) is 0 Å². The molecule has 1 aliphatic rings. The summed E-state index contributed by atoms with van der Waals surface area (Å²) in [5, 5.41) is 10.4. The quantitative estimate of drug-likeness (QED) is 0.366. The van der Waals surface area contributed by atoms with Crippen LogP contribution in [-0.2, 0) is 0 Å². The van der Waals surface area contributed by atoms with E-state index >= 15 is 0 Å². The van der Waals surface area contributed by atoms with Gasteiger partial charge in [-0.1, -0.05) is 25.1 Å². The lowest BCUT2D eigenvalue weighted by Crippen LogP contribution is -2.48. The number of aliphatic imine (C=N–C) groups is 1. The van der Waals surface area contributed by atoms with Crippen molar-refractivity contribution in [3.63, 3.8) is 0 Å². The normalized spacial score (nSPS) is 16.6. The van der Waals surface area contributed by atoms with Crippen LogP contribution in [0.25, 0.3) is 0 Å². The molecule has 0 bridgehead atoms. The summed E-state index contributed by atoms with van der Waals surface area (Å²) in [5.41, 5.74) is 1.18. The van der Waals surface area contributed by atoms with Gasteiger partial charge in [0.2, 0.25) is 0 Å². The number of rotatable bonds is 9. The first-order valence-electron chi connectivity index (χ1n) is 9.88. The first-order valence-corrected chi connectivity index (χ1v) is 9.88. The Morgan fingerprint density at radius 3 is 2.60 bits per heavy atom. The highest BCUT2D eigenvalue weighted by Crippen LogP contribution is 2.10. The van der Waals surface area contributed by atoms with Gasteiger partial charge in [0.05, 0.1) is 0 Å². The van der Waals surface area contributed by atoms with Gasteiger partial charge >= 0.3 is 0 Å². The van der Waals surface area contributed by atoms with Gasteiger partial charge in [-0.05, 0) is 51.3 Å². The van der Waals surface area contributed by atoms with Crippen molar-refractivity contribution in [1.29, 1.82) is 0 Å². The van der Waals surface area contributed by atoms with Crippen LogP contribution in [-0.4, -0.2) is 56.2 Å². The summed E-state index contributed by atoms with van der Waals surface area (Å²) in [4.78, 5) is 7.30. The highest BCUT2D eigenvalue weighted by molar-refractivity contribution is 5.80. The maximum absolute atomic E-state index is 4.73. The monoisotopic (exact) mass is 345 g/mol. The van der Waals surface area contributed by atoms with Crippen LogP contribution >= 0.6 is 0 Å². The van der Waals surface area contributed by atoms with Crippen LogP contribution in [0.4, 0.5) is 5.69 Å². The Balaban J connectivity index is 1.67. The SMILES string of the molecule is CCCN1CCC(NC(=NCCCNc2ccccc2)NCC)CC1. The van der Waals surface area contributed by atoms with Crippen molar-refractivity contribution in [1.82, 2.24) is 15.5 Å². The number of para-hydroxylation sites is 1. The zero-order chi connectivity index (χ0) is 17.7. The molecule has 1 fully saturated rings. The summed E-state index contributed by atoms with van der Waals surface area (Å²) in [7, 11) is 0. The number of hydrogen-bond donors (Lipinski definition) is 3. The van der Waals surface area contributed by atoms with Crippen LogP contribution in [0.3, 0.4) is 0 Å². The molecule has 2 rings (SSSR count). The lowest BCUT2D eigenvalue weighted by Gasteiger charge is -2.32. The van der Waals surface area contributed by atoms with Gasteiger partial charge in [-0.3, -0.25) is 4.99 Å². The van der Waals surface area contributed by atoms with Crippen LogP contribution in [0.15, 0.2) is 35.3 Å². The van der Waals surface area contributed by atoms with Crippen molar-refractivity contribution >= 4 is 11.6 Å². The number of guanidine groups is 1. The van der Waals surface area contributed by atoms with Gasteiger partial charge in [-0.15, -0.1) is 0 Å². The van der Waals surface area contributed by atoms with Gasteiger partial charge in [-0.25, -0.2) is 0 Å². The standard InChI is InChI=1S/C20H35N5/c1-3-15-25-16-11-19(12-17-25)24-20(21-4-2)23-14-8-13-22-18-9-6-5-7-10-18/h5-7,9-10,19,22H,3-4,8,11-17H2,1-2H3,(H2,21,23,24). The van der Waals surface area contributed by atoms with E-state index in [1.165, 1.54) is 44.6 Å². The lowest BCUT2D eigenvalue weighted by atomic mass is 10.1. The minimum atomic E-state index is 0.549. The Labute approximate surface area is 153 Å². The van der Waals surface area contributed by atoms with E-state index in [-0.39, 0.29) is 0 Å². The zero-order valence-electron chi connectivity index (χ0n) is 15.9. The van der Waals surface area contributed by atoms with Crippen LogP contribution in [0.1, 0.15) is 39.5 Å². The first kappa shape index (κ1) is 19.6. The molecule has 1 aromatic carbocycles. The molecule has 0 aliphatic carbocycles. The molecule has 1 aromatic rings. The third-order valence-electron chi connectivity index (χ3n) is 4.52. The van der Waals surface area contributed by atoms with Crippen molar-refractivity contribution in [2.45, 2.75) is 45.6 Å². The van der Waals surface area contributed by atoms with Crippen molar-refractivity contribution in [3.8, 4) is 0 Å². The molecule has 0 spiro atoms. The summed E-state index contributed by atoms with van der Waals surface area (Å²) >= 11 is 0. The molecule has 3 N–H and O–H groups in total. The fourth-order valence-electron chi connectivity index (χ4n) is 3.19. The number of anilines is 1. The van der Waals surface area contributed by atoms with Gasteiger partial charge in [0.15, 0.2) is 5.96 Å². The Kier molecular flexibility index (Phi) is 9.19. The average Bonchev–Trinajstić information content (AvgIpc) is 2.64. The summed E-state index contributed by atoms with van der Waals surface area (Å²) < 4.78 is 0. The molecule has 0 unspecified atom stereocenters. The van der Waals surface area contributed by atoms with Gasteiger partial charge < -0.3 is 20.9 Å². The molecule has 0 amide bonds. The molecule has 0 atom stereocenters. The summed E-state index contributed by atoms with van der Waals surface area (Å²) in [6.07, 6.45) is 4.69. The highest BCUT2D eigenvalue weighted by Gasteiger charge is 2.19. The fourth-order valence-corrected chi connectivity index (χ4v) is 3.19. The van der Waals surface area contributed by atoms with Crippen LogP contribution in [0.2, 0.25) is 0 Å². The number of likely N-dealkylation sites (tertiary alicyclic amines) is 1. The lowest BCUT2D eigenvalue weighted by molar-refractivity contribution is 0.206. The molecule has 1 saturated heterocycles. The maximum Gasteiger partial charge on any atom is 0.191 e. The summed E-state index contributed by atoms with van der Waals surface area (Å²) in [6, 6.07) is 10.9. The van der Waals surface area contributed by atoms with E-state index in [0.717, 1.165) is 32.0 Å². The van der Waals surface area contributed by atoms with Gasteiger partial charge in [0, 0.05) is 44.5 Å². The van der Waals surface area contributed by atoms with Gasteiger partial charge in [-0.2, -0.15) is 0 Å². The number of piperidine rings is 1. The number of nitrogens with one attached hydrogen (secondary N) is 3. The summed E-state index contributed by atoms with van der Waals surface area (Å²) in [5.74, 6) is 0.969. The van der Waals surface area contributed by atoms with E-state index in [1.807, 2.05) is 6.07 Å². The molecule has 0 aromatic heterocycles. The van der Waals surface area contributed by atoms with Gasteiger partial charge in [0.1, 0.15) is 0 Å². The second-order valence-corrected chi connectivity index (χ2v) is 6.67. The van der Waals surface area contributed by atoms with Crippen molar-refractivity contribution in [3.05, 3.63) is 30.3 Å². The number of hydrogen-bond acceptors (Lipinski definition) is 3. The Morgan fingerprint density at radius 2 is 1.92 bits per heavy atom. The molecule has 5 nitrogen and oxygen atoms in total. The Bertz CT molecular complexity index is 480. The van der Waals surface area contributed by atoms with Crippen LogP contribution in [0.5, 0.6) is 0 Å². The maximum atomic E-state index is 4.73. The van der Waals surface area contributed by atoms with Gasteiger partial charge in [0.25, 0.3) is 0 Å². The molecule has 1 heterocycles.